The van der Waals surface area contributed by atoms with Crippen LogP contribution in [0.15, 0.2) is 40.2 Å². The summed E-state index contributed by atoms with van der Waals surface area (Å²) < 4.78 is 1.14. The molecule has 0 fully saturated rings. The van der Waals surface area contributed by atoms with Crippen molar-refractivity contribution in [3.63, 3.8) is 0 Å². The van der Waals surface area contributed by atoms with Crippen molar-refractivity contribution < 1.29 is 0 Å². The van der Waals surface area contributed by atoms with Crippen LogP contribution in [-0.2, 0) is 6.54 Å². The van der Waals surface area contributed by atoms with Gasteiger partial charge in [0.2, 0.25) is 0 Å². The number of hydrogen-bond donors (Lipinski definition) is 1. The van der Waals surface area contributed by atoms with E-state index in [4.69, 9.17) is 0 Å². The van der Waals surface area contributed by atoms with E-state index in [2.05, 4.69) is 9.97 Å². The molecule has 0 spiro atoms. The smallest absolute Gasteiger partial charge is 0.307 e. The molecule has 2 aromatic rings. The number of nitrogens with one attached hydrogen (secondary N) is 1. The van der Waals surface area contributed by atoms with E-state index in [1.54, 1.807) is 31.5 Å². The second-order valence-electron chi connectivity index (χ2n) is 3.31. The number of aromatic nitrogens is 3. The van der Waals surface area contributed by atoms with Crippen molar-refractivity contribution in [2.75, 3.05) is 0 Å². The second kappa shape index (κ2) is 4.14. The minimum absolute atomic E-state index is 0.293. The zero-order valence-electron chi connectivity index (χ0n) is 8.80. The lowest BCUT2D eigenvalue weighted by Gasteiger charge is -2.03. The summed E-state index contributed by atoms with van der Waals surface area (Å²) in [5.74, 6) is 0. The number of hydrogen-bond acceptors (Lipinski definition) is 3. The van der Waals surface area contributed by atoms with Crippen LogP contribution in [0.3, 0.4) is 0 Å². The Kier molecular flexibility index (Phi) is 2.68. The summed E-state index contributed by atoms with van der Waals surface area (Å²) in [5.41, 5.74) is 0.606. The normalized spacial score (nSPS) is 10.3. The SMILES string of the molecule is CCn1c(=O)cc(-c2ccncc2)[nH]c1=O. The molecule has 0 saturated carbocycles. The molecule has 5 nitrogen and oxygen atoms in total. The molecule has 2 heterocycles. The predicted molar refractivity (Wildman–Crippen MR) is 60.2 cm³/mol. The topological polar surface area (TPSA) is 67.8 Å². The van der Waals surface area contributed by atoms with Crippen molar-refractivity contribution >= 4 is 0 Å². The fraction of sp³-hybridized carbons (Fsp3) is 0.182. The van der Waals surface area contributed by atoms with E-state index in [9.17, 15) is 9.59 Å². The molecular formula is C11H11N3O2. The van der Waals surface area contributed by atoms with Gasteiger partial charge in [-0.2, -0.15) is 0 Å². The van der Waals surface area contributed by atoms with E-state index in [1.807, 2.05) is 0 Å². The van der Waals surface area contributed by atoms with E-state index >= 15 is 0 Å². The summed E-state index contributed by atoms with van der Waals surface area (Å²) in [4.78, 5) is 29.7. The maximum Gasteiger partial charge on any atom is 0.328 e. The maximum atomic E-state index is 11.6. The first-order valence-electron chi connectivity index (χ1n) is 4.97. The molecule has 16 heavy (non-hydrogen) atoms. The molecular weight excluding hydrogens is 206 g/mol. The van der Waals surface area contributed by atoms with Crippen LogP contribution in [-0.4, -0.2) is 14.5 Å². The first-order chi connectivity index (χ1) is 7.72. The molecule has 2 aromatic heterocycles. The first kappa shape index (κ1) is 10.4. The molecule has 1 N–H and O–H groups in total. The summed E-state index contributed by atoms with van der Waals surface area (Å²) in [6.45, 7) is 2.12. The van der Waals surface area contributed by atoms with Crippen LogP contribution in [0.4, 0.5) is 0 Å². The lowest BCUT2D eigenvalue weighted by Crippen LogP contribution is -2.34. The van der Waals surface area contributed by atoms with Crippen LogP contribution in [0, 0.1) is 0 Å². The van der Waals surface area contributed by atoms with Gasteiger partial charge in [-0.1, -0.05) is 0 Å². The van der Waals surface area contributed by atoms with E-state index in [-0.39, 0.29) is 11.2 Å². The summed E-state index contributed by atoms with van der Waals surface area (Å²) >= 11 is 0. The fourth-order valence-electron chi connectivity index (χ4n) is 1.51. The Morgan fingerprint density at radius 1 is 1.31 bits per heavy atom. The van der Waals surface area contributed by atoms with Gasteiger partial charge in [-0.15, -0.1) is 0 Å². The van der Waals surface area contributed by atoms with Gasteiger partial charge in [0.15, 0.2) is 0 Å². The summed E-state index contributed by atoms with van der Waals surface area (Å²) in [6.07, 6.45) is 3.22. The number of pyridine rings is 1. The van der Waals surface area contributed by atoms with E-state index in [0.29, 0.717) is 12.2 Å². The molecule has 0 aliphatic carbocycles. The zero-order valence-corrected chi connectivity index (χ0v) is 8.80. The highest BCUT2D eigenvalue weighted by Gasteiger charge is 2.03. The number of aromatic amines is 1. The van der Waals surface area contributed by atoms with E-state index in [0.717, 1.165) is 10.1 Å². The van der Waals surface area contributed by atoms with Gasteiger partial charge < -0.3 is 4.98 Å². The highest BCUT2D eigenvalue weighted by Crippen LogP contribution is 2.11. The average molecular weight is 217 g/mol. The quantitative estimate of drug-likeness (QED) is 0.801. The van der Waals surface area contributed by atoms with Crippen molar-refractivity contribution in [3.8, 4) is 11.3 Å². The molecule has 0 aromatic carbocycles. The number of rotatable bonds is 2. The summed E-state index contributed by atoms with van der Waals surface area (Å²) in [6, 6.07) is 4.89. The first-order valence-corrected chi connectivity index (χ1v) is 4.97. The van der Waals surface area contributed by atoms with Gasteiger partial charge in [-0.25, -0.2) is 4.79 Å². The van der Waals surface area contributed by atoms with Gasteiger partial charge in [0.25, 0.3) is 5.56 Å². The van der Waals surface area contributed by atoms with Crippen LogP contribution in [0.5, 0.6) is 0 Å². The maximum absolute atomic E-state index is 11.6. The molecule has 0 saturated heterocycles. The molecule has 2 rings (SSSR count). The van der Waals surface area contributed by atoms with Crippen LogP contribution in [0.25, 0.3) is 11.3 Å². The van der Waals surface area contributed by atoms with Crippen LogP contribution >= 0.6 is 0 Å². The number of H-pyrrole nitrogens is 1. The van der Waals surface area contributed by atoms with Crippen LogP contribution < -0.4 is 11.2 Å². The molecule has 0 unspecified atom stereocenters. The second-order valence-corrected chi connectivity index (χ2v) is 3.31. The zero-order chi connectivity index (χ0) is 11.5. The van der Waals surface area contributed by atoms with Crippen molar-refractivity contribution in [2.24, 2.45) is 0 Å². The standard InChI is InChI=1S/C11H11N3O2/c1-2-14-10(15)7-9(13-11(14)16)8-3-5-12-6-4-8/h3-7H,2H2,1H3,(H,13,16). The average Bonchev–Trinajstić information content (AvgIpc) is 2.30. The minimum atomic E-state index is -0.387. The van der Waals surface area contributed by atoms with Gasteiger partial charge >= 0.3 is 5.69 Å². The third-order valence-corrected chi connectivity index (χ3v) is 2.33. The van der Waals surface area contributed by atoms with Crippen molar-refractivity contribution in [2.45, 2.75) is 13.5 Å². The Labute approximate surface area is 91.4 Å². The molecule has 0 aliphatic rings. The Morgan fingerprint density at radius 2 is 2.00 bits per heavy atom. The molecule has 5 heteroatoms. The van der Waals surface area contributed by atoms with E-state index in [1.165, 1.54) is 6.07 Å². The molecule has 0 bridgehead atoms. The van der Waals surface area contributed by atoms with Gasteiger partial charge in [-0.05, 0) is 19.1 Å². The third kappa shape index (κ3) is 1.79. The highest BCUT2D eigenvalue weighted by atomic mass is 16.2. The Hall–Kier alpha value is -2.17. The largest absolute Gasteiger partial charge is 0.328 e. The van der Waals surface area contributed by atoms with Crippen molar-refractivity contribution in [3.05, 3.63) is 51.4 Å². The number of nitrogens with zero attached hydrogens (tertiary/aromatic N) is 2. The summed E-state index contributed by atoms with van der Waals surface area (Å²) in [7, 11) is 0. The lowest BCUT2D eigenvalue weighted by molar-refractivity contribution is 0.674. The molecule has 0 atom stereocenters. The molecule has 0 radical (unpaired) electrons. The Bertz CT molecular complexity index is 567. The minimum Gasteiger partial charge on any atom is -0.307 e. The van der Waals surface area contributed by atoms with Gasteiger partial charge in [0.1, 0.15) is 0 Å². The highest BCUT2D eigenvalue weighted by molar-refractivity contribution is 5.57. The molecule has 0 aliphatic heterocycles. The monoisotopic (exact) mass is 217 g/mol. The van der Waals surface area contributed by atoms with Gasteiger partial charge in [0, 0.05) is 30.6 Å². The van der Waals surface area contributed by atoms with Crippen molar-refractivity contribution in [1.82, 2.24) is 14.5 Å². The predicted octanol–water partition coefficient (Wildman–Crippen LogP) is 0.618. The lowest BCUT2D eigenvalue weighted by atomic mass is 10.2. The molecule has 0 amide bonds. The van der Waals surface area contributed by atoms with Crippen molar-refractivity contribution in [1.29, 1.82) is 0 Å². The third-order valence-electron chi connectivity index (χ3n) is 2.33. The Balaban J connectivity index is 2.62. The van der Waals surface area contributed by atoms with Crippen LogP contribution in [0.1, 0.15) is 6.92 Å². The van der Waals surface area contributed by atoms with Gasteiger partial charge in [-0.3, -0.25) is 14.3 Å². The van der Waals surface area contributed by atoms with Gasteiger partial charge in [0.05, 0.1) is 5.69 Å². The fourth-order valence-corrected chi connectivity index (χ4v) is 1.51. The van der Waals surface area contributed by atoms with E-state index < -0.39 is 0 Å². The van der Waals surface area contributed by atoms with Crippen LogP contribution in [0.2, 0.25) is 0 Å². The Morgan fingerprint density at radius 3 is 2.56 bits per heavy atom. The summed E-state index contributed by atoms with van der Waals surface area (Å²) in [5, 5.41) is 0. The molecule has 82 valence electrons.